The fourth-order valence-corrected chi connectivity index (χ4v) is 4.86. The summed E-state index contributed by atoms with van der Waals surface area (Å²) in [4.78, 5) is 13.3. The van der Waals surface area contributed by atoms with E-state index in [0.717, 1.165) is 6.07 Å². The largest absolute Gasteiger partial charge is 0.508 e. The average Bonchev–Trinajstić information content (AvgIpc) is 3.01. The quantitative estimate of drug-likeness (QED) is 0.124. The first-order chi connectivity index (χ1) is 20.9. The molecule has 0 amide bonds. The van der Waals surface area contributed by atoms with E-state index >= 15 is 0 Å². The van der Waals surface area contributed by atoms with Gasteiger partial charge in [0.25, 0.3) is 0 Å². The lowest BCUT2D eigenvalue weighted by atomic mass is 9.99. The standard InChI is InChI=1S/C27H30O17/c28-6-12-15(32)18(35)20(37)26(41-12)43-24-17(34)14-10(31)5-11(8-1-3-9(30)4-2-8)40-23(14)25(22(24)39)44-27-21(38)19(36)16(33)13(7-29)42-27/h1-5,12-13,15-16,18-21,26-30,32-39H,6-7H2/t12-,13-,15+,16-,18-,19+,20+,21+,26+,27+/m1/s1. The third-order valence-corrected chi connectivity index (χ3v) is 7.35. The van der Waals surface area contributed by atoms with Gasteiger partial charge in [0.15, 0.2) is 16.8 Å². The molecule has 5 rings (SSSR count). The van der Waals surface area contributed by atoms with Gasteiger partial charge in [-0.2, -0.15) is 0 Å². The molecule has 0 spiro atoms. The van der Waals surface area contributed by atoms with E-state index < -0.39 is 114 Å². The SMILES string of the molecule is O=c1cc(-c2ccc(O)cc2)oc2c(O[C@@H]3O[C@H](CO)[C@@H](O)[C@H](O)[C@@H]3O)c(O)c(O[C@@H]3O[C@H](CO)[C@H](O)[C@@H](O)[C@@H]3O)c(O)c12. The van der Waals surface area contributed by atoms with E-state index in [4.69, 9.17) is 23.4 Å². The summed E-state index contributed by atoms with van der Waals surface area (Å²) in [6.07, 6.45) is -18.2. The maximum Gasteiger partial charge on any atom is 0.229 e. The van der Waals surface area contributed by atoms with Crippen molar-refractivity contribution in [3.63, 3.8) is 0 Å². The number of phenols is 3. The van der Waals surface area contributed by atoms with Crippen LogP contribution in [0.2, 0.25) is 0 Å². The van der Waals surface area contributed by atoms with Gasteiger partial charge in [0.2, 0.25) is 29.8 Å². The minimum Gasteiger partial charge on any atom is -0.508 e. The molecule has 44 heavy (non-hydrogen) atoms. The first-order valence-electron chi connectivity index (χ1n) is 13.2. The molecular weight excluding hydrogens is 596 g/mol. The molecule has 10 atom stereocenters. The lowest BCUT2D eigenvalue weighted by Gasteiger charge is -2.40. The van der Waals surface area contributed by atoms with Gasteiger partial charge >= 0.3 is 0 Å². The van der Waals surface area contributed by atoms with Gasteiger partial charge < -0.3 is 79.5 Å². The van der Waals surface area contributed by atoms with Crippen molar-refractivity contribution in [2.45, 2.75) is 61.4 Å². The Morgan fingerprint density at radius 3 is 1.66 bits per heavy atom. The number of aromatic hydroxyl groups is 3. The molecule has 1 aromatic heterocycles. The number of aliphatic hydroxyl groups excluding tert-OH is 8. The Morgan fingerprint density at radius 1 is 0.659 bits per heavy atom. The Balaban J connectivity index is 1.67. The van der Waals surface area contributed by atoms with Crippen LogP contribution < -0.4 is 14.9 Å². The van der Waals surface area contributed by atoms with E-state index in [1.165, 1.54) is 24.3 Å². The number of hydrogen-bond acceptors (Lipinski definition) is 17. The number of rotatable bonds is 7. The lowest BCUT2D eigenvalue weighted by molar-refractivity contribution is -0.279. The van der Waals surface area contributed by atoms with E-state index in [2.05, 4.69) is 0 Å². The molecule has 0 radical (unpaired) electrons. The van der Waals surface area contributed by atoms with E-state index in [1.54, 1.807) is 0 Å². The molecule has 17 nitrogen and oxygen atoms in total. The minimum absolute atomic E-state index is 0.103. The molecule has 2 fully saturated rings. The third-order valence-electron chi connectivity index (χ3n) is 7.35. The summed E-state index contributed by atoms with van der Waals surface area (Å²) in [5, 5.41) is 112. The normalized spacial score (nSPS) is 32.5. The van der Waals surface area contributed by atoms with Crippen molar-refractivity contribution in [3.05, 3.63) is 40.6 Å². The number of aliphatic hydroxyl groups is 8. The van der Waals surface area contributed by atoms with Gasteiger partial charge in [0.1, 0.15) is 65.7 Å². The van der Waals surface area contributed by atoms with Crippen LogP contribution in [0.15, 0.2) is 39.5 Å². The molecular formula is C27H30O17. The first-order valence-corrected chi connectivity index (χ1v) is 13.2. The van der Waals surface area contributed by atoms with Crippen LogP contribution in [0.3, 0.4) is 0 Å². The predicted molar refractivity (Wildman–Crippen MR) is 142 cm³/mol. The molecule has 0 aliphatic carbocycles. The van der Waals surface area contributed by atoms with Gasteiger partial charge in [-0.1, -0.05) is 0 Å². The summed E-state index contributed by atoms with van der Waals surface area (Å²) in [6.45, 7) is -1.67. The fraction of sp³-hybridized carbons (Fsp3) is 0.444. The minimum atomic E-state index is -2.01. The Morgan fingerprint density at radius 2 is 1.16 bits per heavy atom. The van der Waals surface area contributed by atoms with Gasteiger partial charge in [-0.15, -0.1) is 0 Å². The molecule has 17 heteroatoms. The number of benzene rings is 2. The fourth-order valence-electron chi connectivity index (χ4n) is 4.86. The topological polar surface area (TPSA) is 290 Å². The van der Waals surface area contributed by atoms with Crippen LogP contribution in [0.1, 0.15) is 0 Å². The van der Waals surface area contributed by atoms with E-state index in [-0.39, 0.29) is 17.1 Å². The highest BCUT2D eigenvalue weighted by Gasteiger charge is 2.47. The molecule has 2 saturated heterocycles. The van der Waals surface area contributed by atoms with Crippen molar-refractivity contribution in [1.29, 1.82) is 0 Å². The molecule has 2 aliphatic heterocycles. The van der Waals surface area contributed by atoms with E-state index in [0.29, 0.717) is 0 Å². The molecule has 3 aromatic rings. The molecule has 0 bridgehead atoms. The second-order valence-corrected chi connectivity index (χ2v) is 10.2. The smallest absolute Gasteiger partial charge is 0.229 e. The zero-order valence-electron chi connectivity index (χ0n) is 22.4. The summed E-state index contributed by atoms with van der Waals surface area (Å²) >= 11 is 0. The van der Waals surface area contributed by atoms with Crippen molar-refractivity contribution < 1.29 is 79.5 Å². The zero-order valence-corrected chi connectivity index (χ0v) is 22.4. The number of phenolic OH excluding ortho intramolecular Hbond substituents is 3. The van der Waals surface area contributed by atoms with Gasteiger partial charge in [0, 0.05) is 11.6 Å². The molecule has 0 saturated carbocycles. The number of hydrogen-bond donors (Lipinski definition) is 11. The van der Waals surface area contributed by atoms with Crippen LogP contribution in [0.25, 0.3) is 22.3 Å². The Bertz CT molecular complexity index is 1540. The number of fused-ring (bicyclic) bond motifs is 1. The Kier molecular flexibility index (Phi) is 8.87. The maximum absolute atomic E-state index is 13.3. The molecule has 2 aliphatic rings. The van der Waals surface area contributed by atoms with Crippen molar-refractivity contribution >= 4 is 11.0 Å². The van der Waals surface area contributed by atoms with Gasteiger partial charge in [-0.3, -0.25) is 4.79 Å². The van der Waals surface area contributed by atoms with Crippen LogP contribution in [0, 0.1) is 0 Å². The maximum atomic E-state index is 13.3. The molecule has 11 N–H and O–H groups in total. The van der Waals surface area contributed by atoms with Crippen molar-refractivity contribution in [3.8, 4) is 40.1 Å². The van der Waals surface area contributed by atoms with Gasteiger partial charge in [0.05, 0.1) is 13.2 Å². The summed E-state index contributed by atoms with van der Waals surface area (Å²) < 4.78 is 27.5. The predicted octanol–water partition coefficient (Wildman–Crippen LogP) is -3.07. The lowest BCUT2D eigenvalue weighted by Crippen LogP contribution is -2.60. The Labute approximate surface area is 246 Å². The van der Waals surface area contributed by atoms with Crippen LogP contribution in [-0.4, -0.2) is 131 Å². The first kappa shape index (κ1) is 31.7. The zero-order chi connectivity index (χ0) is 32.0. The van der Waals surface area contributed by atoms with Crippen molar-refractivity contribution in [2.75, 3.05) is 13.2 Å². The van der Waals surface area contributed by atoms with Crippen LogP contribution in [-0.2, 0) is 9.47 Å². The third kappa shape index (κ3) is 5.50. The van der Waals surface area contributed by atoms with E-state index in [1.807, 2.05) is 0 Å². The molecule has 2 aromatic carbocycles. The monoisotopic (exact) mass is 626 g/mol. The van der Waals surface area contributed by atoms with Crippen molar-refractivity contribution in [2.24, 2.45) is 0 Å². The van der Waals surface area contributed by atoms with Crippen molar-refractivity contribution in [1.82, 2.24) is 0 Å². The average molecular weight is 627 g/mol. The molecule has 0 unspecified atom stereocenters. The summed E-state index contributed by atoms with van der Waals surface area (Å²) in [6, 6.07) is 6.29. The Hall–Kier alpha value is -3.75. The molecule has 3 heterocycles. The van der Waals surface area contributed by atoms with Gasteiger partial charge in [-0.25, -0.2) is 0 Å². The summed E-state index contributed by atoms with van der Waals surface area (Å²) in [7, 11) is 0. The highest BCUT2D eigenvalue weighted by Crippen LogP contribution is 2.51. The second-order valence-electron chi connectivity index (χ2n) is 10.2. The molecule has 240 valence electrons. The summed E-state index contributed by atoms with van der Waals surface area (Å²) in [5.74, 6) is -4.28. The van der Waals surface area contributed by atoms with E-state index in [9.17, 15) is 61.0 Å². The van der Waals surface area contributed by atoms with Crippen LogP contribution in [0.5, 0.6) is 28.7 Å². The highest BCUT2D eigenvalue weighted by molar-refractivity contribution is 5.95. The van der Waals surface area contributed by atoms with Crippen LogP contribution >= 0.6 is 0 Å². The van der Waals surface area contributed by atoms with Crippen LogP contribution in [0.4, 0.5) is 0 Å². The second kappa shape index (κ2) is 12.3. The highest BCUT2D eigenvalue weighted by atomic mass is 16.7. The van der Waals surface area contributed by atoms with Gasteiger partial charge in [-0.05, 0) is 24.3 Å². The summed E-state index contributed by atoms with van der Waals surface area (Å²) in [5.41, 5.74) is -1.33. The number of ether oxygens (including phenoxy) is 4.